The van der Waals surface area contributed by atoms with Crippen LogP contribution in [0.2, 0.25) is 0 Å². The number of hydrogen-bond donors (Lipinski definition) is 0. The molecule has 1 saturated carbocycles. The third-order valence-electron chi connectivity index (χ3n) is 6.74. The summed E-state index contributed by atoms with van der Waals surface area (Å²) in [6, 6.07) is 8.51. The average molecular weight is 349 g/mol. The topological polar surface area (TPSA) is 36.4 Å². The standard InChI is InChI=1S/C22H27N3O/c26-22(21-6-2-5-18-11-23-10-9-20(18)21)25-14-17-7-8-19(15-25)24(13-17)12-16-3-1-4-16/h2,5-6,9-11,16-17,19H,1,3-4,7-8,12-15H2. The molecule has 0 spiro atoms. The van der Waals surface area contributed by atoms with Crippen molar-refractivity contribution in [3.05, 3.63) is 42.2 Å². The van der Waals surface area contributed by atoms with Crippen LogP contribution in [0.5, 0.6) is 0 Å². The highest BCUT2D eigenvalue weighted by molar-refractivity contribution is 6.06. The molecule has 1 aromatic heterocycles. The van der Waals surface area contributed by atoms with Gasteiger partial charge in [0.15, 0.2) is 0 Å². The van der Waals surface area contributed by atoms with Gasteiger partial charge in [-0.25, -0.2) is 0 Å². The van der Waals surface area contributed by atoms with Crippen LogP contribution in [-0.4, -0.2) is 52.9 Å². The summed E-state index contributed by atoms with van der Waals surface area (Å²) in [6.07, 6.45) is 10.4. The van der Waals surface area contributed by atoms with Gasteiger partial charge in [-0.05, 0) is 55.0 Å². The highest BCUT2D eigenvalue weighted by Gasteiger charge is 2.38. The molecule has 3 aliphatic heterocycles. The fraction of sp³-hybridized carbons (Fsp3) is 0.545. The molecule has 4 aliphatic rings. The number of fused-ring (bicyclic) bond motifs is 5. The first-order chi connectivity index (χ1) is 12.8. The Balaban J connectivity index is 1.39. The van der Waals surface area contributed by atoms with E-state index >= 15 is 0 Å². The maximum atomic E-state index is 13.4. The lowest BCUT2D eigenvalue weighted by atomic mass is 9.83. The van der Waals surface area contributed by atoms with Crippen molar-refractivity contribution < 1.29 is 4.79 Å². The Morgan fingerprint density at radius 1 is 1.08 bits per heavy atom. The van der Waals surface area contributed by atoms with Crippen LogP contribution in [0.15, 0.2) is 36.7 Å². The molecule has 0 N–H and O–H groups in total. The fourth-order valence-electron chi connectivity index (χ4n) is 5.05. The van der Waals surface area contributed by atoms with Crippen LogP contribution >= 0.6 is 0 Å². The zero-order valence-corrected chi connectivity index (χ0v) is 15.3. The van der Waals surface area contributed by atoms with Gasteiger partial charge in [0.1, 0.15) is 0 Å². The van der Waals surface area contributed by atoms with Gasteiger partial charge in [-0.1, -0.05) is 18.6 Å². The van der Waals surface area contributed by atoms with E-state index in [-0.39, 0.29) is 5.91 Å². The molecule has 2 atom stereocenters. The first-order valence-corrected chi connectivity index (χ1v) is 10.1. The lowest BCUT2D eigenvalue weighted by Gasteiger charge is -2.40. The summed E-state index contributed by atoms with van der Waals surface area (Å²) in [5.74, 6) is 1.74. The van der Waals surface area contributed by atoms with Gasteiger partial charge in [-0.3, -0.25) is 14.7 Å². The van der Waals surface area contributed by atoms with Crippen LogP contribution in [0.25, 0.3) is 10.8 Å². The number of rotatable bonds is 3. The average Bonchev–Trinajstić information content (AvgIpc) is 2.95. The molecule has 3 saturated heterocycles. The number of nitrogens with zero attached hydrogens (tertiary/aromatic N) is 3. The number of piperidine rings is 1. The van der Waals surface area contributed by atoms with Crippen molar-refractivity contribution >= 4 is 16.7 Å². The van der Waals surface area contributed by atoms with E-state index in [0.717, 1.165) is 35.3 Å². The van der Waals surface area contributed by atoms with Gasteiger partial charge in [0.25, 0.3) is 5.91 Å². The van der Waals surface area contributed by atoms with Crippen molar-refractivity contribution in [2.24, 2.45) is 11.8 Å². The Morgan fingerprint density at radius 3 is 2.85 bits per heavy atom. The Hall–Kier alpha value is -1.94. The van der Waals surface area contributed by atoms with Gasteiger partial charge >= 0.3 is 0 Å². The molecule has 2 aromatic rings. The Morgan fingerprint density at radius 2 is 2.00 bits per heavy atom. The Kier molecular flexibility index (Phi) is 4.16. The molecule has 26 heavy (non-hydrogen) atoms. The number of amides is 1. The Labute approximate surface area is 155 Å². The number of aromatic nitrogens is 1. The van der Waals surface area contributed by atoms with Gasteiger partial charge in [-0.15, -0.1) is 0 Å². The number of carbonyl (C=O) groups excluding carboxylic acids is 1. The molecule has 1 amide bonds. The summed E-state index contributed by atoms with van der Waals surface area (Å²) in [4.78, 5) is 22.4. The third kappa shape index (κ3) is 2.90. The number of benzene rings is 1. The summed E-state index contributed by atoms with van der Waals surface area (Å²) < 4.78 is 0. The zero-order chi connectivity index (χ0) is 17.5. The fourth-order valence-corrected chi connectivity index (χ4v) is 5.05. The highest BCUT2D eigenvalue weighted by atomic mass is 16.2. The number of hydrogen-bond acceptors (Lipinski definition) is 3. The summed E-state index contributed by atoms with van der Waals surface area (Å²) >= 11 is 0. The summed E-state index contributed by atoms with van der Waals surface area (Å²) in [7, 11) is 0. The van der Waals surface area contributed by atoms with Gasteiger partial charge in [0, 0.05) is 55.6 Å². The van der Waals surface area contributed by atoms with Crippen molar-refractivity contribution in [2.75, 3.05) is 26.2 Å². The third-order valence-corrected chi connectivity index (χ3v) is 6.74. The van der Waals surface area contributed by atoms with Crippen molar-refractivity contribution in [1.29, 1.82) is 0 Å². The minimum atomic E-state index is 0.198. The monoisotopic (exact) mass is 349 g/mol. The van der Waals surface area contributed by atoms with Gasteiger partial charge < -0.3 is 4.90 Å². The van der Waals surface area contributed by atoms with Gasteiger partial charge in [-0.2, -0.15) is 0 Å². The minimum Gasteiger partial charge on any atom is -0.337 e. The van der Waals surface area contributed by atoms with Crippen LogP contribution in [0, 0.1) is 11.8 Å². The molecular formula is C22H27N3O. The first kappa shape index (κ1) is 16.2. The quantitative estimate of drug-likeness (QED) is 0.850. The molecule has 4 heteroatoms. The lowest BCUT2D eigenvalue weighted by molar-refractivity contribution is 0.0719. The van der Waals surface area contributed by atoms with Gasteiger partial charge in [0.2, 0.25) is 0 Å². The van der Waals surface area contributed by atoms with E-state index in [4.69, 9.17) is 0 Å². The summed E-state index contributed by atoms with van der Waals surface area (Å²) in [6.45, 7) is 4.25. The molecule has 1 aromatic carbocycles. The molecule has 2 unspecified atom stereocenters. The van der Waals surface area contributed by atoms with Crippen LogP contribution in [-0.2, 0) is 0 Å². The maximum Gasteiger partial charge on any atom is 0.254 e. The van der Waals surface area contributed by atoms with Crippen LogP contribution < -0.4 is 0 Å². The predicted octanol–water partition coefficient (Wildman–Crippen LogP) is 3.57. The van der Waals surface area contributed by atoms with Crippen LogP contribution in [0.1, 0.15) is 42.5 Å². The molecule has 0 radical (unpaired) electrons. The Bertz CT molecular complexity index is 811. The van der Waals surface area contributed by atoms with E-state index in [1.54, 1.807) is 6.20 Å². The predicted molar refractivity (Wildman–Crippen MR) is 103 cm³/mol. The van der Waals surface area contributed by atoms with Crippen molar-refractivity contribution in [3.8, 4) is 0 Å². The molecule has 4 fully saturated rings. The van der Waals surface area contributed by atoms with E-state index in [1.807, 2.05) is 30.5 Å². The maximum absolute atomic E-state index is 13.4. The smallest absolute Gasteiger partial charge is 0.254 e. The van der Waals surface area contributed by atoms with E-state index < -0.39 is 0 Å². The minimum absolute atomic E-state index is 0.198. The molecule has 6 rings (SSSR count). The summed E-state index contributed by atoms with van der Waals surface area (Å²) in [5, 5.41) is 2.07. The SMILES string of the molecule is O=C(c1cccc2cnccc12)N1CC2CCC(C1)N(CC1CCC1)C2. The second-order valence-electron chi connectivity index (χ2n) is 8.46. The van der Waals surface area contributed by atoms with Crippen LogP contribution in [0.3, 0.4) is 0 Å². The molecule has 4 nitrogen and oxygen atoms in total. The number of carbonyl (C=O) groups is 1. The largest absolute Gasteiger partial charge is 0.337 e. The molecule has 4 heterocycles. The van der Waals surface area contributed by atoms with E-state index in [1.165, 1.54) is 45.2 Å². The molecule has 136 valence electrons. The van der Waals surface area contributed by atoms with E-state index in [9.17, 15) is 4.79 Å². The molecule has 1 aliphatic carbocycles. The first-order valence-electron chi connectivity index (χ1n) is 10.1. The van der Waals surface area contributed by atoms with Crippen molar-refractivity contribution in [2.45, 2.75) is 38.1 Å². The number of pyridine rings is 1. The van der Waals surface area contributed by atoms with Crippen molar-refractivity contribution in [1.82, 2.24) is 14.8 Å². The van der Waals surface area contributed by atoms with Crippen molar-refractivity contribution in [3.63, 3.8) is 0 Å². The molecule has 2 bridgehead atoms. The summed E-state index contributed by atoms with van der Waals surface area (Å²) in [5.41, 5.74) is 0.830. The van der Waals surface area contributed by atoms with Gasteiger partial charge in [0.05, 0.1) is 0 Å². The second-order valence-corrected chi connectivity index (χ2v) is 8.46. The van der Waals surface area contributed by atoms with Crippen LogP contribution in [0.4, 0.5) is 0 Å². The van der Waals surface area contributed by atoms with E-state index in [0.29, 0.717) is 12.0 Å². The highest BCUT2D eigenvalue weighted by Crippen LogP contribution is 2.33. The normalized spacial score (nSPS) is 26.7. The second kappa shape index (κ2) is 6.66. The molecular weight excluding hydrogens is 322 g/mol. The lowest BCUT2D eigenvalue weighted by Crippen LogP contribution is -2.47. The van der Waals surface area contributed by atoms with E-state index in [2.05, 4.69) is 14.8 Å². The zero-order valence-electron chi connectivity index (χ0n) is 15.3.